The van der Waals surface area contributed by atoms with E-state index in [0.717, 1.165) is 42.5 Å². The minimum Gasteiger partial charge on any atom is -0.363 e. The zero-order valence-electron chi connectivity index (χ0n) is 19.6. The molecule has 178 valence electrons. The zero-order chi connectivity index (χ0) is 24.0. The predicted molar refractivity (Wildman–Crippen MR) is 146 cm³/mol. The van der Waals surface area contributed by atoms with Crippen LogP contribution in [0.5, 0.6) is 0 Å². The van der Waals surface area contributed by atoms with Crippen LogP contribution in [0.1, 0.15) is 24.0 Å². The fourth-order valence-corrected chi connectivity index (χ4v) is 5.07. The molecule has 0 bridgehead atoms. The molecule has 1 aliphatic rings. The highest BCUT2D eigenvalue weighted by molar-refractivity contribution is 9.10. The van der Waals surface area contributed by atoms with Crippen LogP contribution in [0.15, 0.2) is 101 Å². The van der Waals surface area contributed by atoms with Gasteiger partial charge in [-0.05, 0) is 47.2 Å². The number of likely N-dealkylation sites (tertiary alicyclic amines) is 1. The van der Waals surface area contributed by atoms with E-state index in [1.807, 2.05) is 30.3 Å². The van der Waals surface area contributed by atoms with E-state index < -0.39 is 0 Å². The largest absolute Gasteiger partial charge is 0.363 e. The van der Waals surface area contributed by atoms with Crippen LogP contribution in [-0.4, -0.2) is 33.6 Å². The van der Waals surface area contributed by atoms with Gasteiger partial charge in [-0.2, -0.15) is 0 Å². The molecule has 0 spiro atoms. The minimum absolute atomic E-state index is 0.0755. The first-order chi connectivity index (χ1) is 17.1. The Kier molecular flexibility index (Phi) is 7.40. The molecule has 1 fully saturated rings. The molecule has 1 aliphatic heterocycles. The molecule has 3 aromatic carbocycles. The molecule has 0 aliphatic carbocycles. The van der Waals surface area contributed by atoms with E-state index in [2.05, 4.69) is 79.7 Å². The third-order valence-corrected chi connectivity index (χ3v) is 7.04. The normalized spacial score (nSPS) is 14.7. The Morgan fingerprint density at radius 2 is 1.60 bits per heavy atom. The summed E-state index contributed by atoms with van der Waals surface area (Å²) in [5.41, 5.74) is 4.82. The number of benzene rings is 3. The second kappa shape index (κ2) is 11.0. The van der Waals surface area contributed by atoms with E-state index in [-0.39, 0.29) is 11.6 Å². The topological polar surface area (TPSA) is 50.2 Å². The van der Waals surface area contributed by atoms with Gasteiger partial charge < -0.3 is 9.88 Å². The Balaban J connectivity index is 1.15. The third-order valence-electron chi connectivity index (χ3n) is 6.55. The smallest absolute Gasteiger partial charge is 0.293 e. The second-order valence-electron chi connectivity index (χ2n) is 9.10. The number of hydrogen-bond donors (Lipinski definition) is 1. The van der Waals surface area contributed by atoms with Crippen LogP contribution >= 0.6 is 15.9 Å². The Bertz CT molecular complexity index is 1310. The molecule has 0 amide bonds. The molecule has 4 aromatic rings. The lowest BCUT2D eigenvalue weighted by molar-refractivity contribution is 0.211. The van der Waals surface area contributed by atoms with Crippen LogP contribution in [-0.2, 0) is 13.1 Å². The first-order valence-electron chi connectivity index (χ1n) is 12.1. The number of halogens is 1. The van der Waals surface area contributed by atoms with E-state index >= 15 is 0 Å². The minimum atomic E-state index is -0.0755. The first-order valence-corrected chi connectivity index (χ1v) is 12.9. The molecule has 1 saturated heterocycles. The van der Waals surface area contributed by atoms with E-state index in [9.17, 15) is 4.79 Å². The van der Waals surface area contributed by atoms with Gasteiger partial charge in [-0.1, -0.05) is 82.7 Å². The summed E-state index contributed by atoms with van der Waals surface area (Å²) in [7, 11) is 0. The lowest BCUT2D eigenvalue weighted by Gasteiger charge is -2.32. The zero-order valence-corrected chi connectivity index (χ0v) is 21.2. The van der Waals surface area contributed by atoms with Crippen molar-refractivity contribution in [1.82, 2.24) is 14.5 Å². The summed E-state index contributed by atoms with van der Waals surface area (Å²) < 4.78 is 2.72. The predicted octanol–water partition coefficient (Wildman–Crippen LogP) is 5.80. The number of nitrogens with zero attached hydrogens (tertiary/aromatic N) is 3. The van der Waals surface area contributed by atoms with Gasteiger partial charge in [0.2, 0.25) is 0 Å². The number of piperidine rings is 1. The van der Waals surface area contributed by atoms with Crippen molar-refractivity contribution in [2.45, 2.75) is 32.0 Å². The lowest BCUT2D eigenvalue weighted by Crippen LogP contribution is -2.40. The lowest BCUT2D eigenvalue weighted by atomic mass is 10.0. The van der Waals surface area contributed by atoms with Crippen LogP contribution < -0.4 is 10.9 Å². The SMILES string of the molecule is O=c1c(NC2CCN(Cc3ccc(-c4ccccc4)cc3)CC2)nccn1Cc1cccc(Br)c1. The molecule has 0 unspecified atom stereocenters. The van der Waals surface area contributed by atoms with Gasteiger partial charge >= 0.3 is 0 Å². The number of rotatable bonds is 7. The monoisotopic (exact) mass is 528 g/mol. The summed E-state index contributed by atoms with van der Waals surface area (Å²) in [6.07, 6.45) is 5.43. The molecular formula is C29H29BrN4O. The summed E-state index contributed by atoms with van der Waals surface area (Å²) in [4.78, 5) is 19.8. The van der Waals surface area contributed by atoms with Crippen molar-refractivity contribution in [3.63, 3.8) is 0 Å². The van der Waals surface area contributed by atoms with Crippen LogP contribution in [0.2, 0.25) is 0 Å². The summed E-state index contributed by atoms with van der Waals surface area (Å²) in [5.74, 6) is 0.442. The maximum Gasteiger partial charge on any atom is 0.293 e. The van der Waals surface area contributed by atoms with Gasteiger partial charge in [-0.25, -0.2) is 4.98 Å². The summed E-state index contributed by atoms with van der Waals surface area (Å²) in [6.45, 7) is 3.47. The molecule has 6 heteroatoms. The van der Waals surface area contributed by atoms with Crippen molar-refractivity contribution in [2.24, 2.45) is 0 Å². The highest BCUT2D eigenvalue weighted by atomic mass is 79.9. The van der Waals surface area contributed by atoms with Crippen LogP contribution in [0, 0.1) is 0 Å². The van der Waals surface area contributed by atoms with Gasteiger partial charge in [0.05, 0.1) is 6.54 Å². The van der Waals surface area contributed by atoms with Crippen molar-refractivity contribution in [2.75, 3.05) is 18.4 Å². The van der Waals surface area contributed by atoms with Crippen LogP contribution in [0.25, 0.3) is 11.1 Å². The fraction of sp³-hybridized carbons (Fsp3) is 0.241. The van der Waals surface area contributed by atoms with Gasteiger partial charge in [0.15, 0.2) is 5.82 Å². The van der Waals surface area contributed by atoms with Crippen LogP contribution in [0.4, 0.5) is 5.82 Å². The molecule has 5 nitrogen and oxygen atoms in total. The maximum atomic E-state index is 13.0. The summed E-state index contributed by atoms with van der Waals surface area (Å²) >= 11 is 3.50. The van der Waals surface area contributed by atoms with Gasteiger partial charge in [0.1, 0.15) is 0 Å². The van der Waals surface area contributed by atoms with E-state index in [1.54, 1.807) is 17.0 Å². The van der Waals surface area contributed by atoms with Crippen molar-refractivity contribution in [3.05, 3.63) is 117 Å². The summed E-state index contributed by atoms with van der Waals surface area (Å²) in [6, 6.07) is 27.6. The van der Waals surface area contributed by atoms with Crippen molar-refractivity contribution < 1.29 is 0 Å². The first kappa shape index (κ1) is 23.5. The molecule has 35 heavy (non-hydrogen) atoms. The molecular weight excluding hydrogens is 500 g/mol. The van der Waals surface area contributed by atoms with E-state index in [0.29, 0.717) is 12.4 Å². The van der Waals surface area contributed by atoms with Crippen molar-refractivity contribution in [3.8, 4) is 11.1 Å². The molecule has 0 radical (unpaired) electrons. The van der Waals surface area contributed by atoms with Gasteiger partial charge in [0.25, 0.3) is 5.56 Å². The standard InChI is InChI=1S/C29H29BrN4O/c30-26-8-4-5-23(19-26)21-34-18-15-31-28(29(34)35)32-27-13-16-33(17-14-27)20-22-9-11-25(12-10-22)24-6-2-1-3-7-24/h1-12,15,18-19,27H,13-14,16-17,20-21H2,(H,31,32). The Morgan fingerprint density at radius 3 is 2.34 bits per heavy atom. The highest BCUT2D eigenvalue weighted by Gasteiger charge is 2.20. The van der Waals surface area contributed by atoms with E-state index in [4.69, 9.17) is 0 Å². The van der Waals surface area contributed by atoms with Gasteiger partial charge in [-0.15, -0.1) is 0 Å². The van der Waals surface area contributed by atoms with E-state index in [1.165, 1.54) is 16.7 Å². The maximum absolute atomic E-state index is 13.0. The molecule has 0 atom stereocenters. The number of anilines is 1. The van der Waals surface area contributed by atoms with Crippen molar-refractivity contribution in [1.29, 1.82) is 0 Å². The summed E-state index contributed by atoms with van der Waals surface area (Å²) in [5, 5.41) is 3.42. The third kappa shape index (κ3) is 6.08. The van der Waals surface area contributed by atoms with Crippen molar-refractivity contribution >= 4 is 21.7 Å². The Labute approximate surface area is 214 Å². The van der Waals surface area contributed by atoms with Crippen LogP contribution in [0.3, 0.4) is 0 Å². The Morgan fingerprint density at radius 1 is 0.857 bits per heavy atom. The second-order valence-corrected chi connectivity index (χ2v) is 10.0. The molecule has 1 aromatic heterocycles. The number of nitrogens with one attached hydrogen (secondary N) is 1. The van der Waals surface area contributed by atoms with Gasteiger partial charge in [0, 0.05) is 42.5 Å². The molecule has 0 saturated carbocycles. The highest BCUT2D eigenvalue weighted by Crippen LogP contribution is 2.21. The molecule has 2 heterocycles. The number of aromatic nitrogens is 2. The Hall–Kier alpha value is -3.22. The average Bonchev–Trinajstić information content (AvgIpc) is 2.89. The van der Waals surface area contributed by atoms with Gasteiger partial charge in [-0.3, -0.25) is 9.69 Å². The molecule has 5 rings (SSSR count). The molecule has 1 N–H and O–H groups in total. The average molecular weight is 529 g/mol. The fourth-order valence-electron chi connectivity index (χ4n) is 4.62. The number of hydrogen-bond acceptors (Lipinski definition) is 4. The quantitative estimate of drug-likeness (QED) is 0.329.